The van der Waals surface area contributed by atoms with Crippen molar-refractivity contribution in [3.63, 3.8) is 0 Å². The first-order chi connectivity index (χ1) is 9.06. The van der Waals surface area contributed by atoms with Gasteiger partial charge in [-0.2, -0.15) is 0 Å². The second kappa shape index (κ2) is 5.52. The van der Waals surface area contributed by atoms with E-state index < -0.39 is 0 Å². The van der Waals surface area contributed by atoms with E-state index in [4.69, 9.17) is 10.5 Å². The second-order valence-corrected chi connectivity index (χ2v) is 4.25. The third kappa shape index (κ3) is 3.31. The Labute approximate surface area is 110 Å². The molecule has 0 aliphatic rings. The van der Waals surface area contributed by atoms with Crippen molar-refractivity contribution in [1.82, 2.24) is 0 Å². The van der Waals surface area contributed by atoms with Crippen LogP contribution >= 0.6 is 0 Å². The Morgan fingerprint density at radius 3 is 2.00 bits per heavy atom. The highest BCUT2D eigenvalue weighted by atomic mass is 19.1. The van der Waals surface area contributed by atoms with Crippen molar-refractivity contribution in [2.45, 2.75) is 12.8 Å². The third-order valence-electron chi connectivity index (χ3n) is 2.86. The zero-order valence-corrected chi connectivity index (χ0v) is 10.5. The van der Waals surface area contributed by atoms with Gasteiger partial charge in [0.25, 0.3) is 0 Å². The molecular weight excluding hydrogens is 245 g/mol. The SMILES string of the molecule is CC(C(N)=O)c1ccc(Oc2ccc(F)cc2)cc1. The Morgan fingerprint density at radius 2 is 1.53 bits per heavy atom. The summed E-state index contributed by atoms with van der Waals surface area (Å²) in [6, 6.07) is 12.8. The van der Waals surface area contributed by atoms with Crippen molar-refractivity contribution >= 4 is 5.91 Å². The van der Waals surface area contributed by atoms with E-state index in [-0.39, 0.29) is 17.6 Å². The summed E-state index contributed by atoms with van der Waals surface area (Å²) in [6.45, 7) is 1.75. The molecule has 0 saturated carbocycles. The van der Waals surface area contributed by atoms with Crippen LogP contribution in [0, 0.1) is 5.82 Å². The van der Waals surface area contributed by atoms with Crippen molar-refractivity contribution in [3.05, 3.63) is 59.9 Å². The van der Waals surface area contributed by atoms with Crippen molar-refractivity contribution in [2.75, 3.05) is 0 Å². The first kappa shape index (κ1) is 13.1. The van der Waals surface area contributed by atoms with E-state index in [0.29, 0.717) is 11.5 Å². The molecule has 0 aromatic heterocycles. The molecule has 2 aromatic rings. The van der Waals surface area contributed by atoms with Gasteiger partial charge in [-0.15, -0.1) is 0 Å². The first-order valence-corrected chi connectivity index (χ1v) is 5.89. The monoisotopic (exact) mass is 259 g/mol. The maximum Gasteiger partial charge on any atom is 0.224 e. The van der Waals surface area contributed by atoms with Gasteiger partial charge in [0.15, 0.2) is 0 Å². The molecule has 0 fully saturated rings. The van der Waals surface area contributed by atoms with Crippen LogP contribution in [0.5, 0.6) is 11.5 Å². The number of hydrogen-bond acceptors (Lipinski definition) is 2. The number of benzene rings is 2. The molecule has 0 aliphatic carbocycles. The summed E-state index contributed by atoms with van der Waals surface area (Å²) in [4.78, 5) is 11.1. The van der Waals surface area contributed by atoms with Crippen LogP contribution in [0.25, 0.3) is 0 Å². The fourth-order valence-corrected chi connectivity index (χ4v) is 1.63. The lowest BCUT2D eigenvalue weighted by Crippen LogP contribution is -2.18. The minimum atomic E-state index is -0.368. The first-order valence-electron chi connectivity index (χ1n) is 5.89. The van der Waals surface area contributed by atoms with E-state index >= 15 is 0 Å². The van der Waals surface area contributed by atoms with Gasteiger partial charge < -0.3 is 10.5 Å². The number of carbonyl (C=O) groups is 1. The summed E-state index contributed by atoms with van der Waals surface area (Å²) < 4.78 is 18.3. The zero-order chi connectivity index (χ0) is 13.8. The molecule has 1 amide bonds. The van der Waals surface area contributed by atoms with E-state index in [0.717, 1.165) is 5.56 Å². The maximum atomic E-state index is 12.7. The number of primary amides is 1. The molecule has 19 heavy (non-hydrogen) atoms. The summed E-state index contributed by atoms with van der Waals surface area (Å²) in [6.07, 6.45) is 0. The highest BCUT2D eigenvalue weighted by Crippen LogP contribution is 2.24. The van der Waals surface area contributed by atoms with Crippen LogP contribution in [0.1, 0.15) is 18.4 Å². The van der Waals surface area contributed by atoms with E-state index in [2.05, 4.69) is 0 Å². The molecule has 0 spiro atoms. The predicted octanol–water partition coefficient (Wildman–Crippen LogP) is 3.21. The lowest BCUT2D eigenvalue weighted by molar-refractivity contribution is -0.119. The number of rotatable bonds is 4. The lowest BCUT2D eigenvalue weighted by Gasteiger charge is -2.09. The number of ether oxygens (including phenoxy) is 1. The Bertz CT molecular complexity index is 564. The molecule has 0 radical (unpaired) electrons. The summed E-state index contributed by atoms with van der Waals surface area (Å²) >= 11 is 0. The van der Waals surface area contributed by atoms with Gasteiger partial charge >= 0.3 is 0 Å². The average molecular weight is 259 g/mol. The Morgan fingerprint density at radius 1 is 1.05 bits per heavy atom. The molecule has 2 rings (SSSR count). The van der Waals surface area contributed by atoms with Gasteiger partial charge in [0, 0.05) is 0 Å². The second-order valence-electron chi connectivity index (χ2n) is 4.25. The highest BCUT2D eigenvalue weighted by Gasteiger charge is 2.11. The van der Waals surface area contributed by atoms with Gasteiger partial charge in [-0.1, -0.05) is 12.1 Å². The average Bonchev–Trinajstić information content (AvgIpc) is 2.41. The van der Waals surface area contributed by atoms with Crippen molar-refractivity contribution in [1.29, 1.82) is 0 Å². The standard InChI is InChI=1S/C15H14FNO2/c1-10(15(17)18)11-2-6-13(7-3-11)19-14-8-4-12(16)5-9-14/h2-10H,1H3,(H2,17,18). The molecule has 1 unspecified atom stereocenters. The summed E-state index contributed by atoms with van der Waals surface area (Å²) in [5, 5.41) is 0. The van der Waals surface area contributed by atoms with Gasteiger partial charge in [0.1, 0.15) is 17.3 Å². The van der Waals surface area contributed by atoms with E-state index in [1.807, 2.05) is 0 Å². The number of nitrogens with two attached hydrogens (primary N) is 1. The van der Waals surface area contributed by atoms with Crippen LogP contribution in [0.3, 0.4) is 0 Å². The van der Waals surface area contributed by atoms with Gasteiger partial charge in [0.05, 0.1) is 5.92 Å². The molecule has 1 atom stereocenters. The largest absolute Gasteiger partial charge is 0.457 e. The Hall–Kier alpha value is -2.36. The van der Waals surface area contributed by atoms with E-state index in [1.54, 1.807) is 43.3 Å². The fraction of sp³-hybridized carbons (Fsp3) is 0.133. The molecule has 2 aromatic carbocycles. The van der Waals surface area contributed by atoms with E-state index in [1.165, 1.54) is 12.1 Å². The molecule has 0 saturated heterocycles. The molecule has 2 N–H and O–H groups in total. The number of halogens is 1. The molecule has 0 bridgehead atoms. The maximum absolute atomic E-state index is 12.7. The van der Waals surface area contributed by atoms with Gasteiger partial charge in [-0.25, -0.2) is 4.39 Å². The minimum absolute atomic E-state index is 0.307. The summed E-state index contributed by atoms with van der Waals surface area (Å²) in [7, 11) is 0. The van der Waals surface area contributed by atoms with Crippen LogP contribution in [0.2, 0.25) is 0 Å². The number of amides is 1. The summed E-state index contributed by atoms with van der Waals surface area (Å²) in [5.41, 5.74) is 6.07. The van der Waals surface area contributed by atoms with Crippen LogP contribution < -0.4 is 10.5 Å². The minimum Gasteiger partial charge on any atom is -0.457 e. The fourth-order valence-electron chi connectivity index (χ4n) is 1.63. The third-order valence-corrected chi connectivity index (χ3v) is 2.86. The van der Waals surface area contributed by atoms with Crippen molar-refractivity contribution in [3.8, 4) is 11.5 Å². The zero-order valence-electron chi connectivity index (χ0n) is 10.5. The summed E-state index contributed by atoms with van der Waals surface area (Å²) in [5.74, 6) is 0.161. The Balaban J connectivity index is 2.10. The highest BCUT2D eigenvalue weighted by molar-refractivity contribution is 5.81. The van der Waals surface area contributed by atoms with Crippen LogP contribution in [0.15, 0.2) is 48.5 Å². The van der Waals surface area contributed by atoms with Gasteiger partial charge in [-0.05, 0) is 48.9 Å². The van der Waals surface area contributed by atoms with Crippen LogP contribution in [-0.4, -0.2) is 5.91 Å². The molecule has 4 heteroatoms. The van der Waals surface area contributed by atoms with Crippen LogP contribution in [-0.2, 0) is 4.79 Å². The number of carbonyl (C=O) groups excluding carboxylic acids is 1. The molecule has 3 nitrogen and oxygen atoms in total. The van der Waals surface area contributed by atoms with Gasteiger partial charge in [0.2, 0.25) is 5.91 Å². The normalized spacial score (nSPS) is 11.9. The van der Waals surface area contributed by atoms with Crippen LogP contribution in [0.4, 0.5) is 4.39 Å². The quantitative estimate of drug-likeness (QED) is 0.916. The lowest BCUT2D eigenvalue weighted by atomic mass is 10.0. The predicted molar refractivity (Wildman–Crippen MR) is 70.5 cm³/mol. The molecule has 98 valence electrons. The molecular formula is C15H14FNO2. The smallest absolute Gasteiger partial charge is 0.224 e. The topological polar surface area (TPSA) is 52.3 Å². The molecule has 0 heterocycles. The Kier molecular flexibility index (Phi) is 3.80. The van der Waals surface area contributed by atoms with Crippen molar-refractivity contribution < 1.29 is 13.9 Å². The van der Waals surface area contributed by atoms with Gasteiger partial charge in [-0.3, -0.25) is 4.79 Å². The number of hydrogen-bond donors (Lipinski definition) is 1. The van der Waals surface area contributed by atoms with Crippen molar-refractivity contribution in [2.24, 2.45) is 5.73 Å². The van der Waals surface area contributed by atoms with E-state index in [9.17, 15) is 9.18 Å². The molecule has 0 aliphatic heterocycles.